The normalized spacial score (nSPS) is 9.58. The molecular weight excluding hydrogens is 243 g/mol. The van der Waals surface area contributed by atoms with Crippen LogP contribution in [0.25, 0.3) is 0 Å². The molecule has 3 nitrogen and oxygen atoms in total. The largest absolute Gasteiger partial charge is 0.355 e. The Kier molecular flexibility index (Phi) is 3.05. The molecule has 0 aliphatic rings. The van der Waals surface area contributed by atoms with Crippen molar-refractivity contribution in [1.29, 1.82) is 0 Å². The maximum atomic E-state index is 11.1. The van der Waals surface area contributed by atoms with Crippen molar-refractivity contribution < 1.29 is 4.79 Å². The molecule has 0 aromatic carbocycles. The summed E-state index contributed by atoms with van der Waals surface area (Å²) in [5.41, 5.74) is 0.474. The van der Waals surface area contributed by atoms with E-state index in [1.165, 1.54) is 6.20 Å². The lowest BCUT2D eigenvalue weighted by Gasteiger charge is -2.01. The van der Waals surface area contributed by atoms with Crippen LogP contribution in [-0.4, -0.2) is 17.9 Å². The lowest BCUT2D eigenvalue weighted by molar-refractivity contribution is 0.0962. The lowest BCUT2D eigenvalue weighted by Crippen LogP contribution is -2.18. The van der Waals surface area contributed by atoms with E-state index >= 15 is 0 Å². The smallest absolute Gasteiger partial charge is 0.253 e. The number of aromatic nitrogens is 1. The van der Waals surface area contributed by atoms with Gasteiger partial charge in [-0.15, -0.1) is 0 Å². The number of hydrogen-bond acceptors (Lipinski definition) is 2. The number of nitrogens with one attached hydrogen (secondary N) is 1. The Hall–Kier alpha value is -0.610. The Labute approximate surface area is 83.3 Å². The number of nitrogens with zero attached hydrogens (tertiary/aromatic N) is 1. The summed E-state index contributed by atoms with van der Waals surface area (Å²) >= 11 is 8.80. The summed E-state index contributed by atoms with van der Waals surface area (Å²) in [4.78, 5) is 14.9. The molecule has 12 heavy (non-hydrogen) atoms. The summed E-state index contributed by atoms with van der Waals surface area (Å²) in [6.07, 6.45) is 1.42. The number of carbonyl (C=O) groups is 1. The fourth-order valence-corrected chi connectivity index (χ4v) is 1.50. The van der Waals surface area contributed by atoms with Crippen LogP contribution in [0.15, 0.2) is 16.7 Å². The summed E-state index contributed by atoms with van der Waals surface area (Å²) in [5.74, 6) is -0.189. The number of carbonyl (C=O) groups excluding carboxylic acids is 1. The Morgan fingerprint density at radius 2 is 2.42 bits per heavy atom. The standard InChI is InChI=1S/C7H6BrClN2O/c1-10-7(12)4-3-11-6(9)2-5(4)8/h2-3H,1H3,(H,10,12). The molecule has 5 heteroatoms. The molecule has 1 rings (SSSR count). The first-order valence-electron chi connectivity index (χ1n) is 3.18. The molecule has 1 N–H and O–H groups in total. The molecule has 0 aliphatic carbocycles. The second-order valence-electron chi connectivity index (χ2n) is 2.07. The van der Waals surface area contributed by atoms with E-state index in [1.807, 2.05) is 0 Å². The zero-order chi connectivity index (χ0) is 9.14. The number of amides is 1. The Bertz CT molecular complexity index is 316. The first kappa shape index (κ1) is 9.48. The van der Waals surface area contributed by atoms with Gasteiger partial charge in [0.1, 0.15) is 5.15 Å². The van der Waals surface area contributed by atoms with Crippen LogP contribution in [-0.2, 0) is 0 Å². The third-order valence-corrected chi connectivity index (χ3v) is 2.15. The van der Waals surface area contributed by atoms with E-state index in [9.17, 15) is 4.79 Å². The van der Waals surface area contributed by atoms with Crippen LogP contribution in [0, 0.1) is 0 Å². The van der Waals surface area contributed by atoms with Crippen molar-refractivity contribution in [2.45, 2.75) is 0 Å². The van der Waals surface area contributed by atoms with Gasteiger partial charge in [0.15, 0.2) is 0 Å². The van der Waals surface area contributed by atoms with Gasteiger partial charge in [0.05, 0.1) is 5.56 Å². The minimum absolute atomic E-state index is 0.189. The molecule has 0 aliphatic heterocycles. The van der Waals surface area contributed by atoms with Gasteiger partial charge in [0.2, 0.25) is 0 Å². The van der Waals surface area contributed by atoms with Crippen molar-refractivity contribution in [1.82, 2.24) is 10.3 Å². The molecular formula is C7H6BrClN2O. The third kappa shape index (κ3) is 1.95. The fourth-order valence-electron chi connectivity index (χ4n) is 0.709. The van der Waals surface area contributed by atoms with Gasteiger partial charge in [-0.2, -0.15) is 0 Å². The molecule has 1 heterocycles. The molecule has 0 spiro atoms. The van der Waals surface area contributed by atoms with Crippen LogP contribution in [0.5, 0.6) is 0 Å². The van der Waals surface area contributed by atoms with Crippen molar-refractivity contribution in [2.75, 3.05) is 7.05 Å². The summed E-state index contributed by atoms with van der Waals surface area (Å²) in [7, 11) is 1.56. The zero-order valence-corrected chi connectivity index (χ0v) is 8.61. The van der Waals surface area contributed by atoms with Gasteiger partial charge in [-0.3, -0.25) is 4.79 Å². The van der Waals surface area contributed by atoms with Gasteiger partial charge in [0.25, 0.3) is 5.91 Å². The predicted molar refractivity (Wildman–Crippen MR) is 50.3 cm³/mol. The molecule has 0 fully saturated rings. The van der Waals surface area contributed by atoms with Gasteiger partial charge >= 0.3 is 0 Å². The van der Waals surface area contributed by atoms with E-state index in [2.05, 4.69) is 26.2 Å². The summed E-state index contributed by atoms with van der Waals surface area (Å²) in [6, 6.07) is 1.58. The van der Waals surface area contributed by atoms with Crippen molar-refractivity contribution in [3.63, 3.8) is 0 Å². The maximum absolute atomic E-state index is 11.1. The van der Waals surface area contributed by atoms with Crippen molar-refractivity contribution in [3.05, 3.63) is 27.5 Å². The quantitative estimate of drug-likeness (QED) is 0.772. The average Bonchev–Trinajstić information content (AvgIpc) is 2.03. The Balaban J connectivity index is 3.09. The van der Waals surface area contributed by atoms with Gasteiger partial charge in [-0.25, -0.2) is 4.98 Å². The fraction of sp³-hybridized carbons (Fsp3) is 0.143. The first-order valence-corrected chi connectivity index (χ1v) is 4.35. The van der Waals surface area contributed by atoms with Gasteiger partial charge in [-0.05, 0) is 22.0 Å². The molecule has 0 unspecified atom stereocenters. The molecule has 0 bridgehead atoms. The average molecular weight is 249 g/mol. The Morgan fingerprint density at radius 1 is 1.75 bits per heavy atom. The number of rotatable bonds is 1. The number of hydrogen-bond donors (Lipinski definition) is 1. The monoisotopic (exact) mass is 248 g/mol. The highest BCUT2D eigenvalue weighted by Crippen LogP contribution is 2.18. The van der Waals surface area contributed by atoms with Crippen molar-refractivity contribution in [2.24, 2.45) is 0 Å². The second kappa shape index (κ2) is 3.87. The van der Waals surface area contributed by atoms with E-state index in [0.29, 0.717) is 15.2 Å². The van der Waals surface area contributed by atoms with Gasteiger partial charge in [-0.1, -0.05) is 11.6 Å². The van der Waals surface area contributed by atoms with E-state index < -0.39 is 0 Å². The van der Waals surface area contributed by atoms with Crippen LogP contribution in [0.4, 0.5) is 0 Å². The van der Waals surface area contributed by atoms with E-state index in [4.69, 9.17) is 11.6 Å². The number of halogens is 2. The highest BCUT2D eigenvalue weighted by molar-refractivity contribution is 9.10. The van der Waals surface area contributed by atoms with Gasteiger partial charge < -0.3 is 5.32 Å². The minimum atomic E-state index is -0.189. The topological polar surface area (TPSA) is 42.0 Å². The van der Waals surface area contributed by atoms with Crippen LogP contribution in [0.1, 0.15) is 10.4 Å². The SMILES string of the molecule is CNC(=O)c1cnc(Cl)cc1Br. The maximum Gasteiger partial charge on any atom is 0.253 e. The molecule has 1 aromatic heterocycles. The molecule has 1 amide bonds. The summed E-state index contributed by atoms with van der Waals surface area (Å²) in [6.45, 7) is 0. The second-order valence-corrected chi connectivity index (χ2v) is 3.31. The van der Waals surface area contributed by atoms with Crippen molar-refractivity contribution in [3.8, 4) is 0 Å². The predicted octanol–water partition coefficient (Wildman–Crippen LogP) is 1.86. The molecule has 64 valence electrons. The summed E-state index contributed by atoms with van der Waals surface area (Å²) < 4.78 is 0.641. The van der Waals surface area contributed by atoms with E-state index in [-0.39, 0.29) is 5.91 Å². The summed E-state index contributed by atoms with van der Waals surface area (Å²) in [5, 5.41) is 2.85. The zero-order valence-electron chi connectivity index (χ0n) is 6.27. The van der Waals surface area contributed by atoms with Crippen LogP contribution in [0.2, 0.25) is 5.15 Å². The first-order chi connectivity index (χ1) is 5.65. The van der Waals surface area contributed by atoms with E-state index in [1.54, 1.807) is 13.1 Å². The Morgan fingerprint density at radius 3 is 2.92 bits per heavy atom. The molecule has 0 saturated carbocycles. The highest BCUT2D eigenvalue weighted by Gasteiger charge is 2.08. The van der Waals surface area contributed by atoms with Crippen molar-refractivity contribution >= 4 is 33.4 Å². The number of pyridine rings is 1. The van der Waals surface area contributed by atoms with Crippen LogP contribution in [0.3, 0.4) is 0 Å². The molecule has 1 aromatic rings. The molecule has 0 saturated heterocycles. The van der Waals surface area contributed by atoms with E-state index in [0.717, 1.165) is 0 Å². The third-order valence-electron chi connectivity index (χ3n) is 1.29. The molecule has 0 atom stereocenters. The van der Waals surface area contributed by atoms with Gasteiger partial charge in [0, 0.05) is 17.7 Å². The minimum Gasteiger partial charge on any atom is -0.355 e. The van der Waals surface area contributed by atoms with Crippen LogP contribution >= 0.6 is 27.5 Å². The van der Waals surface area contributed by atoms with Crippen LogP contribution < -0.4 is 5.32 Å². The molecule has 0 radical (unpaired) electrons. The lowest BCUT2D eigenvalue weighted by atomic mass is 10.3. The highest BCUT2D eigenvalue weighted by atomic mass is 79.9.